The van der Waals surface area contributed by atoms with Crippen LogP contribution in [0.1, 0.15) is 15.9 Å². The lowest BCUT2D eigenvalue weighted by Crippen LogP contribution is -2.06. The van der Waals surface area contributed by atoms with Crippen LogP contribution < -0.4 is 0 Å². The minimum atomic E-state index is -0.581. The first-order valence-electron chi connectivity index (χ1n) is 5.40. The minimum absolute atomic E-state index is 0.00694. The molecule has 2 rings (SSSR count). The van der Waals surface area contributed by atoms with Crippen LogP contribution in [0, 0.1) is 5.82 Å². The number of halogens is 4. The SMILES string of the molecule is O=C(Cc1cccc(Cl)c1F)c1ccc(Cl)cc1Cl. The molecule has 2 aromatic carbocycles. The molecule has 0 heterocycles. The molecule has 0 aliphatic carbocycles. The van der Waals surface area contributed by atoms with Gasteiger partial charge in [0.05, 0.1) is 10.0 Å². The van der Waals surface area contributed by atoms with Gasteiger partial charge in [0.1, 0.15) is 5.82 Å². The van der Waals surface area contributed by atoms with Crippen LogP contribution in [-0.4, -0.2) is 5.78 Å². The van der Waals surface area contributed by atoms with Crippen LogP contribution in [0.2, 0.25) is 15.1 Å². The molecule has 0 aromatic heterocycles. The predicted octanol–water partition coefficient (Wildman–Crippen LogP) is 5.21. The molecule has 0 saturated heterocycles. The molecule has 0 bridgehead atoms. The number of benzene rings is 2. The Hall–Kier alpha value is -1.09. The summed E-state index contributed by atoms with van der Waals surface area (Å²) in [6.45, 7) is 0. The fraction of sp³-hybridized carbons (Fsp3) is 0.0714. The molecule has 0 atom stereocenters. The Morgan fingerprint density at radius 3 is 2.47 bits per heavy atom. The molecule has 0 unspecified atom stereocenters. The Labute approximate surface area is 124 Å². The average Bonchev–Trinajstić information content (AvgIpc) is 2.34. The first-order valence-corrected chi connectivity index (χ1v) is 6.53. The maximum absolute atomic E-state index is 13.7. The van der Waals surface area contributed by atoms with E-state index in [0.717, 1.165) is 0 Å². The lowest BCUT2D eigenvalue weighted by Gasteiger charge is -2.06. The summed E-state index contributed by atoms with van der Waals surface area (Å²) in [6, 6.07) is 9.11. The van der Waals surface area contributed by atoms with Crippen LogP contribution in [0.25, 0.3) is 0 Å². The first-order chi connectivity index (χ1) is 8.99. The van der Waals surface area contributed by atoms with Gasteiger partial charge in [-0.25, -0.2) is 4.39 Å². The Bertz CT molecular complexity index is 641. The van der Waals surface area contributed by atoms with Crippen molar-refractivity contribution in [2.75, 3.05) is 0 Å². The van der Waals surface area contributed by atoms with Crippen LogP contribution in [0.5, 0.6) is 0 Å². The van der Waals surface area contributed by atoms with Gasteiger partial charge in [-0.05, 0) is 29.8 Å². The van der Waals surface area contributed by atoms with Gasteiger partial charge in [-0.1, -0.05) is 46.9 Å². The number of carbonyl (C=O) groups excluding carboxylic acids is 1. The summed E-state index contributed by atoms with van der Waals surface area (Å²) in [5, 5.41) is 0.683. The van der Waals surface area contributed by atoms with E-state index in [2.05, 4.69) is 0 Å². The fourth-order valence-electron chi connectivity index (χ4n) is 1.67. The van der Waals surface area contributed by atoms with Crippen molar-refractivity contribution in [2.45, 2.75) is 6.42 Å². The van der Waals surface area contributed by atoms with Crippen molar-refractivity contribution in [3.8, 4) is 0 Å². The van der Waals surface area contributed by atoms with Crippen molar-refractivity contribution < 1.29 is 9.18 Å². The van der Waals surface area contributed by atoms with Crippen LogP contribution in [0.15, 0.2) is 36.4 Å². The fourth-order valence-corrected chi connectivity index (χ4v) is 2.38. The van der Waals surface area contributed by atoms with Crippen LogP contribution >= 0.6 is 34.8 Å². The van der Waals surface area contributed by atoms with E-state index >= 15 is 0 Å². The molecular weight excluding hydrogens is 310 g/mol. The van der Waals surface area contributed by atoms with Crippen LogP contribution in [0.4, 0.5) is 4.39 Å². The molecule has 1 nitrogen and oxygen atoms in total. The van der Waals surface area contributed by atoms with Gasteiger partial charge >= 0.3 is 0 Å². The second kappa shape index (κ2) is 5.91. The van der Waals surface area contributed by atoms with Gasteiger partial charge in [0, 0.05) is 17.0 Å². The summed E-state index contributed by atoms with van der Waals surface area (Å²) >= 11 is 17.4. The van der Waals surface area contributed by atoms with Crippen LogP contribution in [-0.2, 0) is 6.42 Å². The van der Waals surface area contributed by atoms with Gasteiger partial charge in [0.25, 0.3) is 0 Å². The zero-order valence-electron chi connectivity index (χ0n) is 9.59. The highest BCUT2D eigenvalue weighted by Gasteiger charge is 2.15. The number of rotatable bonds is 3. The largest absolute Gasteiger partial charge is 0.294 e. The third-order valence-electron chi connectivity index (χ3n) is 2.61. The standard InChI is InChI=1S/C14H8Cl3FO/c15-9-4-5-10(12(17)7-9)13(19)6-8-2-1-3-11(16)14(8)18/h1-5,7H,6H2. The van der Waals surface area contributed by atoms with Crippen molar-refractivity contribution in [3.63, 3.8) is 0 Å². The Morgan fingerprint density at radius 2 is 1.79 bits per heavy atom. The minimum Gasteiger partial charge on any atom is -0.294 e. The maximum Gasteiger partial charge on any atom is 0.168 e. The Kier molecular flexibility index (Phi) is 4.46. The molecule has 0 radical (unpaired) electrons. The molecule has 98 valence electrons. The second-order valence-electron chi connectivity index (χ2n) is 3.94. The van der Waals surface area contributed by atoms with Gasteiger partial charge in [0.15, 0.2) is 5.78 Å². The predicted molar refractivity (Wildman–Crippen MR) is 75.9 cm³/mol. The smallest absolute Gasteiger partial charge is 0.168 e. The van der Waals surface area contributed by atoms with E-state index in [1.807, 2.05) is 0 Å². The monoisotopic (exact) mass is 316 g/mol. The summed E-state index contributed by atoms with van der Waals surface area (Å²) < 4.78 is 13.7. The van der Waals surface area contributed by atoms with Crippen molar-refractivity contribution in [1.29, 1.82) is 0 Å². The third-order valence-corrected chi connectivity index (χ3v) is 3.45. The lowest BCUT2D eigenvalue weighted by molar-refractivity contribution is 0.0992. The van der Waals surface area contributed by atoms with Crippen molar-refractivity contribution in [1.82, 2.24) is 0 Å². The van der Waals surface area contributed by atoms with Crippen molar-refractivity contribution >= 4 is 40.6 Å². The zero-order chi connectivity index (χ0) is 14.0. The summed E-state index contributed by atoms with van der Waals surface area (Å²) in [5.41, 5.74) is 0.550. The van der Waals surface area contributed by atoms with Crippen molar-refractivity contribution in [3.05, 3.63) is 68.4 Å². The second-order valence-corrected chi connectivity index (χ2v) is 5.19. The molecule has 19 heavy (non-hydrogen) atoms. The molecule has 0 spiro atoms. The normalized spacial score (nSPS) is 10.5. The Balaban J connectivity index is 2.28. The summed E-state index contributed by atoms with van der Waals surface area (Å²) in [4.78, 5) is 12.1. The van der Waals surface area contributed by atoms with Gasteiger partial charge in [-0.15, -0.1) is 0 Å². The number of hydrogen-bond donors (Lipinski definition) is 0. The molecule has 0 N–H and O–H groups in total. The molecule has 0 saturated carbocycles. The highest BCUT2D eigenvalue weighted by Crippen LogP contribution is 2.24. The molecule has 0 amide bonds. The topological polar surface area (TPSA) is 17.1 Å². The third kappa shape index (κ3) is 3.27. The number of ketones is 1. The summed E-state index contributed by atoms with van der Waals surface area (Å²) in [6.07, 6.45) is -0.103. The molecular formula is C14H8Cl3FO. The molecule has 0 aliphatic rings. The zero-order valence-corrected chi connectivity index (χ0v) is 11.9. The van der Waals surface area contributed by atoms with E-state index in [1.54, 1.807) is 12.1 Å². The first kappa shape index (κ1) is 14.3. The van der Waals surface area contributed by atoms with E-state index < -0.39 is 5.82 Å². The van der Waals surface area contributed by atoms with Crippen LogP contribution in [0.3, 0.4) is 0 Å². The number of hydrogen-bond acceptors (Lipinski definition) is 1. The maximum atomic E-state index is 13.7. The van der Waals surface area contributed by atoms with E-state index in [-0.39, 0.29) is 27.8 Å². The van der Waals surface area contributed by atoms with E-state index in [4.69, 9.17) is 34.8 Å². The average molecular weight is 318 g/mol. The molecule has 2 aromatic rings. The summed E-state index contributed by atoms with van der Waals surface area (Å²) in [7, 11) is 0. The van der Waals surface area contributed by atoms with E-state index in [9.17, 15) is 9.18 Å². The Morgan fingerprint density at radius 1 is 1.05 bits per heavy atom. The highest BCUT2D eigenvalue weighted by atomic mass is 35.5. The van der Waals surface area contributed by atoms with Gasteiger partial charge in [-0.2, -0.15) is 0 Å². The number of Topliss-reactive ketones (excluding diaryl/α,β-unsaturated/α-hetero) is 1. The quantitative estimate of drug-likeness (QED) is 0.710. The molecule has 0 fully saturated rings. The van der Waals surface area contributed by atoms with E-state index in [1.165, 1.54) is 24.3 Å². The lowest BCUT2D eigenvalue weighted by atomic mass is 10.0. The molecule has 0 aliphatic heterocycles. The van der Waals surface area contributed by atoms with Gasteiger partial charge in [-0.3, -0.25) is 4.79 Å². The highest BCUT2D eigenvalue weighted by molar-refractivity contribution is 6.36. The van der Waals surface area contributed by atoms with Crippen molar-refractivity contribution in [2.24, 2.45) is 0 Å². The van der Waals surface area contributed by atoms with Gasteiger partial charge in [0.2, 0.25) is 0 Å². The number of carbonyl (C=O) groups is 1. The van der Waals surface area contributed by atoms with Gasteiger partial charge < -0.3 is 0 Å². The molecule has 5 heteroatoms. The summed E-state index contributed by atoms with van der Waals surface area (Å²) in [5.74, 6) is -0.870. The van der Waals surface area contributed by atoms with E-state index in [0.29, 0.717) is 10.6 Å².